The topological polar surface area (TPSA) is 88.9 Å². The zero-order valence-electron chi connectivity index (χ0n) is 19.8. The van der Waals surface area contributed by atoms with Gasteiger partial charge in [0.05, 0.1) is 22.7 Å². The minimum atomic E-state index is -0.249. The summed E-state index contributed by atoms with van der Waals surface area (Å²) in [4.78, 5) is 22.0. The minimum absolute atomic E-state index is 0.0813. The molecule has 0 unspecified atom stereocenters. The molecule has 2 aliphatic rings. The SMILES string of the molecule is C[C@@H]1CN(c2cc(=O)n(C)c3ccc(C#N)nc23)[C@@H](C)CN1Cc1ccc(C2(C#N)CC2)cc1. The van der Waals surface area contributed by atoms with Crippen LogP contribution in [0.4, 0.5) is 5.69 Å². The second-order valence-electron chi connectivity index (χ2n) is 9.77. The number of fused-ring (bicyclic) bond motifs is 1. The smallest absolute Gasteiger partial charge is 0.252 e. The van der Waals surface area contributed by atoms with E-state index in [0.717, 1.165) is 49.2 Å². The van der Waals surface area contributed by atoms with E-state index in [4.69, 9.17) is 0 Å². The Hall–Kier alpha value is -3.68. The zero-order valence-corrected chi connectivity index (χ0v) is 19.8. The van der Waals surface area contributed by atoms with Gasteiger partial charge in [0.25, 0.3) is 5.56 Å². The van der Waals surface area contributed by atoms with Gasteiger partial charge in [-0.1, -0.05) is 24.3 Å². The van der Waals surface area contributed by atoms with Crippen molar-refractivity contribution >= 4 is 16.7 Å². The first-order valence-electron chi connectivity index (χ1n) is 11.8. The number of aryl methyl sites for hydroxylation is 1. The summed E-state index contributed by atoms with van der Waals surface area (Å²) in [5.41, 5.74) is 4.61. The number of nitriles is 2. The molecule has 1 aromatic carbocycles. The maximum atomic E-state index is 12.7. The highest BCUT2D eigenvalue weighted by Gasteiger charge is 2.44. The molecule has 0 N–H and O–H groups in total. The monoisotopic (exact) mass is 452 g/mol. The van der Waals surface area contributed by atoms with Gasteiger partial charge < -0.3 is 9.47 Å². The minimum Gasteiger partial charge on any atom is -0.364 e. The van der Waals surface area contributed by atoms with Crippen molar-refractivity contribution in [3.63, 3.8) is 0 Å². The molecule has 3 aromatic rings. The highest BCUT2D eigenvalue weighted by atomic mass is 16.1. The number of hydrogen-bond donors (Lipinski definition) is 0. The fourth-order valence-electron chi connectivity index (χ4n) is 5.10. The molecule has 3 heterocycles. The first-order chi connectivity index (χ1) is 16.3. The lowest BCUT2D eigenvalue weighted by molar-refractivity contribution is 0.158. The summed E-state index contributed by atoms with van der Waals surface area (Å²) in [7, 11) is 1.74. The highest BCUT2D eigenvalue weighted by molar-refractivity contribution is 5.89. The van der Waals surface area contributed by atoms with E-state index in [1.165, 1.54) is 5.56 Å². The highest BCUT2D eigenvalue weighted by Crippen LogP contribution is 2.47. The van der Waals surface area contributed by atoms with Crippen LogP contribution in [0, 0.1) is 22.7 Å². The Morgan fingerprint density at radius 2 is 1.79 bits per heavy atom. The van der Waals surface area contributed by atoms with E-state index < -0.39 is 0 Å². The molecular formula is C27H28N6O. The van der Waals surface area contributed by atoms with E-state index in [-0.39, 0.29) is 23.1 Å². The number of pyridine rings is 2. The van der Waals surface area contributed by atoms with E-state index >= 15 is 0 Å². The van der Waals surface area contributed by atoms with Crippen LogP contribution in [0.2, 0.25) is 0 Å². The van der Waals surface area contributed by atoms with Crippen molar-refractivity contribution in [2.75, 3.05) is 18.0 Å². The maximum Gasteiger partial charge on any atom is 0.252 e. The first kappa shape index (κ1) is 22.1. The third-order valence-corrected chi connectivity index (χ3v) is 7.46. The Balaban J connectivity index is 1.39. The number of rotatable bonds is 4. The molecule has 1 aliphatic heterocycles. The fourth-order valence-corrected chi connectivity index (χ4v) is 5.10. The largest absolute Gasteiger partial charge is 0.364 e. The van der Waals surface area contributed by atoms with Crippen LogP contribution in [0.1, 0.15) is 43.5 Å². The van der Waals surface area contributed by atoms with Gasteiger partial charge in [0.2, 0.25) is 0 Å². The number of nitrogens with zero attached hydrogens (tertiary/aromatic N) is 6. The predicted octanol–water partition coefficient (Wildman–Crippen LogP) is 3.46. The molecule has 1 aliphatic carbocycles. The van der Waals surface area contributed by atoms with Crippen LogP contribution in [0.3, 0.4) is 0 Å². The molecule has 2 aromatic heterocycles. The third-order valence-electron chi connectivity index (χ3n) is 7.46. The Labute approximate surface area is 199 Å². The molecule has 0 spiro atoms. The van der Waals surface area contributed by atoms with Crippen LogP contribution in [-0.2, 0) is 19.0 Å². The van der Waals surface area contributed by atoms with Gasteiger partial charge in [-0.2, -0.15) is 10.5 Å². The van der Waals surface area contributed by atoms with Crippen LogP contribution in [0.25, 0.3) is 11.0 Å². The average Bonchev–Trinajstić information content (AvgIpc) is 3.65. The van der Waals surface area contributed by atoms with Gasteiger partial charge >= 0.3 is 0 Å². The number of aromatic nitrogens is 2. The second-order valence-corrected chi connectivity index (χ2v) is 9.77. The van der Waals surface area contributed by atoms with E-state index in [0.29, 0.717) is 11.2 Å². The van der Waals surface area contributed by atoms with Crippen LogP contribution in [0.5, 0.6) is 0 Å². The van der Waals surface area contributed by atoms with Crippen LogP contribution in [-0.4, -0.2) is 39.6 Å². The average molecular weight is 453 g/mol. The lowest BCUT2D eigenvalue weighted by Crippen LogP contribution is -2.56. The Kier molecular flexibility index (Phi) is 5.38. The van der Waals surface area contributed by atoms with Crippen molar-refractivity contribution in [3.05, 3.63) is 69.6 Å². The molecule has 172 valence electrons. The molecule has 7 heteroatoms. The normalized spacial score (nSPS) is 21.7. The summed E-state index contributed by atoms with van der Waals surface area (Å²) >= 11 is 0. The van der Waals surface area contributed by atoms with Crippen LogP contribution < -0.4 is 10.5 Å². The second kappa shape index (κ2) is 8.27. The van der Waals surface area contributed by atoms with Gasteiger partial charge in [0, 0.05) is 44.8 Å². The van der Waals surface area contributed by atoms with Crippen molar-refractivity contribution in [2.45, 2.75) is 50.7 Å². The van der Waals surface area contributed by atoms with E-state index in [1.54, 1.807) is 29.8 Å². The molecule has 0 amide bonds. The Bertz CT molecular complexity index is 1390. The molecule has 0 radical (unpaired) electrons. The predicted molar refractivity (Wildman–Crippen MR) is 131 cm³/mol. The zero-order chi connectivity index (χ0) is 24.0. The van der Waals surface area contributed by atoms with E-state index in [1.807, 2.05) is 0 Å². The standard InChI is InChI=1S/C27H28N6O/c1-18-15-33(24-12-25(34)31(3)23-9-8-22(13-28)30-26(23)24)19(2)14-32(18)16-20-4-6-21(7-5-20)27(17-29)10-11-27/h4-9,12,18-19H,10-11,14-16H2,1-3H3/t18-,19+/m1/s1. The van der Waals surface area contributed by atoms with Crippen LogP contribution >= 0.6 is 0 Å². The summed E-state index contributed by atoms with van der Waals surface area (Å²) in [6.07, 6.45) is 1.92. The maximum absolute atomic E-state index is 12.7. The Morgan fingerprint density at radius 1 is 1.06 bits per heavy atom. The number of anilines is 1. The van der Waals surface area contributed by atoms with Gasteiger partial charge in [-0.05, 0) is 49.9 Å². The van der Waals surface area contributed by atoms with Gasteiger partial charge in [-0.15, -0.1) is 0 Å². The van der Waals surface area contributed by atoms with Gasteiger partial charge in [0.15, 0.2) is 0 Å². The molecule has 1 saturated heterocycles. The fraction of sp³-hybridized carbons (Fsp3) is 0.407. The molecule has 7 nitrogen and oxygen atoms in total. The lowest BCUT2D eigenvalue weighted by Gasteiger charge is -2.45. The first-order valence-corrected chi connectivity index (χ1v) is 11.8. The molecular weight excluding hydrogens is 424 g/mol. The van der Waals surface area contributed by atoms with E-state index in [9.17, 15) is 15.3 Å². The number of hydrogen-bond acceptors (Lipinski definition) is 6. The molecule has 1 saturated carbocycles. The molecule has 2 atom stereocenters. The van der Waals surface area contributed by atoms with Gasteiger partial charge in [0.1, 0.15) is 17.3 Å². The molecule has 34 heavy (non-hydrogen) atoms. The quantitative estimate of drug-likeness (QED) is 0.602. The van der Waals surface area contributed by atoms with Gasteiger partial charge in [-0.3, -0.25) is 9.69 Å². The summed E-state index contributed by atoms with van der Waals surface area (Å²) in [5.74, 6) is 0. The Morgan fingerprint density at radius 3 is 2.44 bits per heavy atom. The van der Waals surface area contributed by atoms with Gasteiger partial charge in [-0.25, -0.2) is 4.98 Å². The third kappa shape index (κ3) is 3.73. The van der Waals surface area contributed by atoms with E-state index in [2.05, 4.69) is 65.0 Å². The van der Waals surface area contributed by atoms with Crippen molar-refractivity contribution in [1.82, 2.24) is 14.5 Å². The van der Waals surface area contributed by atoms with Crippen molar-refractivity contribution in [1.29, 1.82) is 10.5 Å². The summed E-state index contributed by atoms with van der Waals surface area (Å²) in [6.45, 7) is 6.83. The van der Waals surface area contributed by atoms with Crippen molar-refractivity contribution in [2.24, 2.45) is 7.05 Å². The lowest BCUT2D eigenvalue weighted by atomic mass is 9.96. The van der Waals surface area contributed by atoms with Crippen molar-refractivity contribution in [3.8, 4) is 12.1 Å². The molecule has 5 rings (SSSR count). The molecule has 0 bridgehead atoms. The summed E-state index contributed by atoms with van der Waals surface area (Å²) < 4.78 is 1.58. The van der Waals surface area contributed by atoms with Crippen LogP contribution in [0.15, 0.2) is 47.3 Å². The summed E-state index contributed by atoms with van der Waals surface area (Å²) in [6, 6.07) is 18.7. The molecule has 2 fully saturated rings. The summed E-state index contributed by atoms with van der Waals surface area (Å²) in [5, 5.41) is 18.8. The number of piperazine rings is 1. The number of benzene rings is 1. The van der Waals surface area contributed by atoms with Crippen molar-refractivity contribution < 1.29 is 0 Å².